The van der Waals surface area contributed by atoms with Gasteiger partial charge in [0.05, 0.1) is 12.6 Å². The van der Waals surface area contributed by atoms with E-state index >= 15 is 0 Å². The van der Waals surface area contributed by atoms with Crippen LogP contribution in [0, 0.1) is 0 Å². The van der Waals surface area contributed by atoms with Gasteiger partial charge in [0, 0.05) is 17.5 Å². The lowest BCUT2D eigenvalue weighted by Gasteiger charge is -2.11. The fourth-order valence-corrected chi connectivity index (χ4v) is 3.21. The summed E-state index contributed by atoms with van der Waals surface area (Å²) in [5.74, 6) is 1.73. The molecule has 0 aliphatic rings. The molecule has 0 spiro atoms. The first-order valence-corrected chi connectivity index (χ1v) is 9.32. The van der Waals surface area contributed by atoms with Crippen molar-refractivity contribution in [2.45, 2.75) is 6.54 Å². The van der Waals surface area contributed by atoms with E-state index in [1.165, 1.54) is 5.56 Å². The molecule has 3 heteroatoms. The summed E-state index contributed by atoms with van der Waals surface area (Å²) in [6.45, 7) is 0.663. The molecule has 4 aromatic rings. The SMILES string of the molecule is COc1ccccc1CNc1ccc2c(C=Cc3ccccc3)cccc2n1. The van der Waals surface area contributed by atoms with Gasteiger partial charge in [-0.05, 0) is 35.4 Å². The number of pyridine rings is 1. The Labute approximate surface area is 165 Å². The highest BCUT2D eigenvalue weighted by Crippen LogP contribution is 2.23. The molecule has 28 heavy (non-hydrogen) atoms. The molecule has 1 N–H and O–H groups in total. The third kappa shape index (κ3) is 4.04. The van der Waals surface area contributed by atoms with Crippen LogP contribution in [-0.4, -0.2) is 12.1 Å². The molecule has 0 bridgehead atoms. The number of anilines is 1. The highest BCUT2D eigenvalue weighted by Gasteiger charge is 2.04. The molecule has 0 radical (unpaired) electrons. The van der Waals surface area contributed by atoms with Crippen molar-refractivity contribution in [2.24, 2.45) is 0 Å². The average Bonchev–Trinajstić information content (AvgIpc) is 2.77. The van der Waals surface area contributed by atoms with E-state index in [2.05, 4.69) is 47.8 Å². The Morgan fingerprint density at radius 3 is 2.50 bits per heavy atom. The van der Waals surface area contributed by atoms with E-state index in [1.54, 1.807) is 7.11 Å². The first-order chi connectivity index (χ1) is 13.8. The molecule has 0 amide bonds. The number of para-hydroxylation sites is 1. The van der Waals surface area contributed by atoms with Gasteiger partial charge >= 0.3 is 0 Å². The first-order valence-electron chi connectivity index (χ1n) is 9.32. The monoisotopic (exact) mass is 366 g/mol. The lowest BCUT2D eigenvalue weighted by Crippen LogP contribution is -2.03. The fraction of sp³-hybridized carbons (Fsp3) is 0.0800. The maximum atomic E-state index is 5.42. The molecular formula is C25H22N2O. The second-order valence-corrected chi connectivity index (χ2v) is 6.52. The highest BCUT2D eigenvalue weighted by molar-refractivity contribution is 5.91. The zero-order valence-electron chi connectivity index (χ0n) is 15.8. The molecular weight excluding hydrogens is 344 g/mol. The van der Waals surface area contributed by atoms with Crippen molar-refractivity contribution < 1.29 is 4.74 Å². The van der Waals surface area contributed by atoms with Crippen LogP contribution in [0.4, 0.5) is 5.82 Å². The Bertz CT molecular complexity index is 1100. The second kappa shape index (κ2) is 8.40. The number of nitrogens with zero attached hydrogens (tertiary/aromatic N) is 1. The number of benzene rings is 3. The van der Waals surface area contributed by atoms with Crippen LogP contribution < -0.4 is 10.1 Å². The van der Waals surface area contributed by atoms with Gasteiger partial charge in [-0.3, -0.25) is 0 Å². The van der Waals surface area contributed by atoms with E-state index < -0.39 is 0 Å². The van der Waals surface area contributed by atoms with Crippen LogP contribution >= 0.6 is 0 Å². The zero-order chi connectivity index (χ0) is 19.2. The smallest absolute Gasteiger partial charge is 0.126 e. The number of hydrogen-bond donors (Lipinski definition) is 1. The van der Waals surface area contributed by atoms with E-state index in [4.69, 9.17) is 9.72 Å². The van der Waals surface area contributed by atoms with Gasteiger partial charge in [-0.1, -0.05) is 72.8 Å². The molecule has 0 fully saturated rings. The van der Waals surface area contributed by atoms with E-state index in [1.807, 2.05) is 54.6 Å². The summed E-state index contributed by atoms with van der Waals surface area (Å²) in [7, 11) is 1.69. The summed E-state index contributed by atoms with van der Waals surface area (Å²) >= 11 is 0. The molecule has 0 saturated heterocycles. The quantitative estimate of drug-likeness (QED) is 0.423. The molecule has 1 aromatic heterocycles. The molecule has 0 aliphatic heterocycles. The highest BCUT2D eigenvalue weighted by atomic mass is 16.5. The summed E-state index contributed by atoms with van der Waals surface area (Å²) in [5.41, 5.74) is 4.42. The summed E-state index contributed by atoms with van der Waals surface area (Å²) < 4.78 is 5.42. The van der Waals surface area contributed by atoms with Gasteiger partial charge in [-0.25, -0.2) is 4.98 Å². The molecule has 0 unspecified atom stereocenters. The number of fused-ring (bicyclic) bond motifs is 1. The summed E-state index contributed by atoms with van der Waals surface area (Å²) in [6, 6.07) is 28.7. The minimum absolute atomic E-state index is 0.663. The Morgan fingerprint density at radius 1 is 0.821 bits per heavy atom. The lowest BCUT2D eigenvalue weighted by atomic mass is 10.1. The van der Waals surface area contributed by atoms with Crippen molar-refractivity contribution in [1.82, 2.24) is 4.98 Å². The van der Waals surface area contributed by atoms with E-state index in [0.29, 0.717) is 6.54 Å². The van der Waals surface area contributed by atoms with Crippen LogP contribution in [0.1, 0.15) is 16.7 Å². The summed E-state index contributed by atoms with van der Waals surface area (Å²) in [4.78, 5) is 4.78. The largest absolute Gasteiger partial charge is 0.496 e. The standard InChI is InChI=1S/C25H22N2O/c1-28-24-13-6-5-10-21(24)18-26-25-17-16-22-20(11-7-12-23(22)27-25)15-14-19-8-3-2-4-9-19/h2-17H,18H2,1H3,(H,26,27). The van der Waals surface area contributed by atoms with Gasteiger partial charge in [-0.2, -0.15) is 0 Å². The van der Waals surface area contributed by atoms with Crippen LogP contribution in [0.5, 0.6) is 5.75 Å². The maximum Gasteiger partial charge on any atom is 0.126 e. The predicted octanol–water partition coefficient (Wildman–Crippen LogP) is 6.03. The average molecular weight is 366 g/mol. The third-order valence-corrected chi connectivity index (χ3v) is 4.67. The summed E-state index contributed by atoms with van der Waals surface area (Å²) in [5, 5.41) is 4.53. The predicted molar refractivity (Wildman–Crippen MR) is 117 cm³/mol. The maximum absolute atomic E-state index is 5.42. The number of nitrogens with one attached hydrogen (secondary N) is 1. The molecule has 0 aliphatic carbocycles. The van der Waals surface area contributed by atoms with Gasteiger partial charge in [-0.15, -0.1) is 0 Å². The fourth-order valence-electron chi connectivity index (χ4n) is 3.21. The van der Waals surface area contributed by atoms with E-state index in [9.17, 15) is 0 Å². The topological polar surface area (TPSA) is 34.1 Å². The van der Waals surface area contributed by atoms with Crippen LogP contribution in [0.3, 0.4) is 0 Å². The van der Waals surface area contributed by atoms with E-state index in [-0.39, 0.29) is 0 Å². The Hall–Kier alpha value is -3.59. The zero-order valence-corrected chi connectivity index (χ0v) is 15.8. The van der Waals surface area contributed by atoms with Gasteiger partial charge < -0.3 is 10.1 Å². The third-order valence-electron chi connectivity index (χ3n) is 4.67. The van der Waals surface area contributed by atoms with Crippen molar-refractivity contribution in [3.8, 4) is 5.75 Å². The van der Waals surface area contributed by atoms with Crippen molar-refractivity contribution in [3.05, 3.63) is 102 Å². The van der Waals surface area contributed by atoms with Crippen molar-refractivity contribution >= 4 is 28.9 Å². The normalized spacial score (nSPS) is 11.0. The number of aromatic nitrogens is 1. The van der Waals surface area contributed by atoms with Crippen molar-refractivity contribution in [3.63, 3.8) is 0 Å². The van der Waals surface area contributed by atoms with Crippen LogP contribution in [0.2, 0.25) is 0 Å². The Kier molecular flexibility index (Phi) is 5.34. The first kappa shape index (κ1) is 17.8. The lowest BCUT2D eigenvalue weighted by molar-refractivity contribution is 0.410. The number of ether oxygens (including phenoxy) is 1. The van der Waals surface area contributed by atoms with Gasteiger partial charge in [0.15, 0.2) is 0 Å². The second-order valence-electron chi connectivity index (χ2n) is 6.52. The Balaban J connectivity index is 1.56. The van der Waals surface area contributed by atoms with Crippen molar-refractivity contribution in [2.75, 3.05) is 12.4 Å². The summed E-state index contributed by atoms with van der Waals surface area (Å²) in [6.07, 6.45) is 4.27. The van der Waals surface area contributed by atoms with Gasteiger partial charge in [0.25, 0.3) is 0 Å². The van der Waals surface area contributed by atoms with Crippen LogP contribution in [-0.2, 0) is 6.54 Å². The van der Waals surface area contributed by atoms with Crippen molar-refractivity contribution in [1.29, 1.82) is 0 Å². The minimum Gasteiger partial charge on any atom is -0.496 e. The Morgan fingerprint density at radius 2 is 1.64 bits per heavy atom. The van der Waals surface area contributed by atoms with E-state index in [0.717, 1.165) is 33.6 Å². The molecule has 4 rings (SSSR count). The number of rotatable bonds is 6. The van der Waals surface area contributed by atoms with Gasteiger partial charge in [0.2, 0.25) is 0 Å². The number of hydrogen-bond acceptors (Lipinski definition) is 3. The molecule has 138 valence electrons. The molecule has 0 atom stereocenters. The van der Waals surface area contributed by atoms with Crippen LogP contribution in [0.15, 0.2) is 84.9 Å². The minimum atomic E-state index is 0.663. The molecule has 3 nitrogen and oxygen atoms in total. The van der Waals surface area contributed by atoms with Crippen LogP contribution in [0.25, 0.3) is 23.1 Å². The molecule has 3 aromatic carbocycles. The van der Waals surface area contributed by atoms with Gasteiger partial charge in [0.1, 0.15) is 11.6 Å². The number of methoxy groups -OCH3 is 1. The molecule has 1 heterocycles. The molecule has 0 saturated carbocycles.